The fourth-order valence-corrected chi connectivity index (χ4v) is 2.18. The van der Waals surface area contributed by atoms with E-state index in [1.54, 1.807) is 6.92 Å². The number of carbonyl (C=O) groups is 2. The number of carbonyl (C=O) groups excluding carboxylic acids is 2. The zero-order valence-electron chi connectivity index (χ0n) is 16.4. The molecule has 0 aliphatic rings. The van der Waals surface area contributed by atoms with Crippen molar-refractivity contribution in [3.05, 3.63) is 29.8 Å². The number of nitrogens with zero attached hydrogens (tertiary/aromatic N) is 1. The summed E-state index contributed by atoms with van der Waals surface area (Å²) in [6, 6.07) is 6.95. The Bertz CT molecular complexity index is 558. The fraction of sp³-hybridized carbons (Fsp3) is 0.579. The van der Waals surface area contributed by atoms with Gasteiger partial charge in [0.25, 0.3) is 0 Å². The number of rotatable bonds is 10. The number of amides is 2. The largest absolute Gasteiger partial charge is 0.492 e. The molecule has 1 unspecified atom stereocenters. The number of alkyl carbamates (subject to hydrolysis) is 1. The van der Waals surface area contributed by atoms with Gasteiger partial charge in [-0.25, -0.2) is 4.79 Å². The molecule has 1 aromatic carbocycles. The van der Waals surface area contributed by atoms with Crippen LogP contribution in [0, 0.1) is 5.92 Å². The van der Waals surface area contributed by atoms with E-state index in [9.17, 15) is 9.59 Å². The Kier molecular flexibility index (Phi) is 9.51. The van der Waals surface area contributed by atoms with Crippen LogP contribution in [0.15, 0.2) is 24.3 Å². The maximum atomic E-state index is 12.4. The van der Waals surface area contributed by atoms with Crippen LogP contribution in [0.25, 0.3) is 0 Å². The number of hydrogen-bond acceptors (Lipinski definition) is 5. The minimum Gasteiger partial charge on any atom is -0.492 e. The third kappa shape index (κ3) is 8.20. The molecule has 0 spiro atoms. The van der Waals surface area contributed by atoms with Crippen molar-refractivity contribution >= 4 is 12.0 Å². The lowest BCUT2D eigenvalue weighted by molar-refractivity contribution is -0.124. The van der Waals surface area contributed by atoms with Crippen LogP contribution < -0.4 is 15.4 Å². The van der Waals surface area contributed by atoms with Gasteiger partial charge in [-0.15, -0.1) is 0 Å². The first-order chi connectivity index (χ1) is 12.3. The Morgan fingerprint density at radius 2 is 1.81 bits per heavy atom. The van der Waals surface area contributed by atoms with E-state index in [4.69, 9.17) is 9.47 Å². The van der Waals surface area contributed by atoms with Crippen LogP contribution in [-0.4, -0.2) is 56.8 Å². The summed E-state index contributed by atoms with van der Waals surface area (Å²) < 4.78 is 10.5. The van der Waals surface area contributed by atoms with Crippen molar-refractivity contribution in [2.75, 3.05) is 33.9 Å². The van der Waals surface area contributed by atoms with Gasteiger partial charge in [-0.3, -0.25) is 4.79 Å². The van der Waals surface area contributed by atoms with Gasteiger partial charge >= 0.3 is 6.09 Å². The molecule has 0 bridgehead atoms. The van der Waals surface area contributed by atoms with Gasteiger partial charge in [0.15, 0.2) is 0 Å². The molecule has 0 aliphatic heterocycles. The lowest BCUT2D eigenvalue weighted by Crippen LogP contribution is -2.49. The van der Waals surface area contributed by atoms with E-state index in [-0.39, 0.29) is 18.4 Å². The molecule has 146 valence electrons. The topological polar surface area (TPSA) is 79.9 Å². The van der Waals surface area contributed by atoms with E-state index in [0.717, 1.165) is 17.9 Å². The van der Waals surface area contributed by atoms with Crippen LogP contribution >= 0.6 is 0 Å². The molecule has 7 nitrogen and oxygen atoms in total. The van der Waals surface area contributed by atoms with Crippen molar-refractivity contribution in [2.45, 2.75) is 33.4 Å². The van der Waals surface area contributed by atoms with E-state index < -0.39 is 12.1 Å². The highest BCUT2D eigenvalue weighted by Gasteiger charge is 2.24. The van der Waals surface area contributed by atoms with Crippen molar-refractivity contribution in [1.29, 1.82) is 0 Å². The average Bonchev–Trinajstić information content (AvgIpc) is 2.58. The van der Waals surface area contributed by atoms with Crippen LogP contribution in [0.4, 0.5) is 4.79 Å². The number of benzene rings is 1. The van der Waals surface area contributed by atoms with Gasteiger partial charge in [0, 0.05) is 13.1 Å². The Morgan fingerprint density at radius 1 is 1.15 bits per heavy atom. The van der Waals surface area contributed by atoms with Gasteiger partial charge in [0.1, 0.15) is 18.4 Å². The zero-order chi connectivity index (χ0) is 19.5. The van der Waals surface area contributed by atoms with Crippen LogP contribution in [0.1, 0.15) is 26.3 Å². The molecule has 1 atom stereocenters. The third-order valence-electron chi connectivity index (χ3n) is 3.70. The smallest absolute Gasteiger partial charge is 0.407 e. The van der Waals surface area contributed by atoms with Gasteiger partial charge in [-0.05, 0) is 44.6 Å². The average molecular weight is 365 g/mol. The van der Waals surface area contributed by atoms with Gasteiger partial charge in [0.05, 0.1) is 6.61 Å². The molecular weight excluding hydrogens is 334 g/mol. The standard InChI is InChI=1S/C19H31N3O4/c1-6-25-19(24)21-17(14(2)3)18(23)20-13-15-7-9-16(10-8-15)26-12-11-22(4)5/h7-10,14,17H,6,11-13H2,1-5H3,(H,20,23)(H,21,24). The van der Waals surface area contributed by atoms with E-state index in [1.165, 1.54) is 0 Å². The second-order valence-corrected chi connectivity index (χ2v) is 6.60. The number of nitrogens with one attached hydrogen (secondary N) is 2. The Balaban J connectivity index is 2.50. The predicted molar refractivity (Wildman–Crippen MR) is 101 cm³/mol. The maximum absolute atomic E-state index is 12.4. The van der Waals surface area contributed by atoms with Gasteiger partial charge in [-0.2, -0.15) is 0 Å². The van der Waals surface area contributed by atoms with Crippen molar-refractivity contribution in [3.63, 3.8) is 0 Å². The lowest BCUT2D eigenvalue weighted by Gasteiger charge is -2.21. The molecule has 0 aromatic heterocycles. The van der Waals surface area contributed by atoms with E-state index >= 15 is 0 Å². The second-order valence-electron chi connectivity index (χ2n) is 6.60. The molecule has 0 aliphatic carbocycles. The second kappa shape index (κ2) is 11.4. The highest BCUT2D eigenvalue weighted by molar-refractivity contribution is 5.85. The van der Waals surface area contributed by atoms with Crippen LogP contribution in [0.2, 0.25) is 0 Å². The Hall–Kier alpha value is -2.28. The van der Waals surface area contributed by atoms with E-state index in [1.807, 2.05) is 52.2 Å². The van der Waals surface area contributed by atoms with Gasteiger partial charge in [-0.1, -0.05) is 26.0 Å². The first-order valence-electron chi connectivity index (χ1n) is 8.91. The molecule has 2 amide bonds. The minimum atomic E-state index is -0.636. The lowest BCUT2D eigenvalue weighted by atomic mass is 10.0. The van der Waals surface area contributed by atoms with Crippen molar-refractivity contribution in [1.82, 2.24) is 15.5 Å². The molecule has 0 heterocycles. The maximum Gasteiger partial charge on any atom is 0.407 e. The van der Waals surface area contributed by atoms with Gasteiger partial charge < -0.3 is 25.0 Å². The molecule has 7 heteroatoms. The fourth-order valence-electron chi connectivity index (χ4n) is 2.18. The molecular formula is C19H31N3O4. The summed E-state index contributed by atoms with van der Waals surface area (Å²) >= 11 is 0. The van der Waals surface area contributed by atoms with Crippen LogP contribution in [0.5, 0.6) is 5.75 Å². The Labute approximate surface area is 156 Å². The third-order valence-corrected chi connectivity index (χ3v) is 3.70. The van der Waals surface area contributed by atoms with Crippen LogP contribution in [0.3, 0.4) is 0 Å². The number of hydrogen-bond donors (Lipinski definition) is 2. The monoisotopic (exact) mass is 365 g/mol. The molecule has 2 N–H and O–H groups in total. The minimum absolute atomic E-state index is 0.0492. The molecule has 1 rings (SSSR count). The Morgan fingerprint density at radius 3 is 2.35 bits per heavy atom. The first kappa shape index (κ1) is 21.8. The summed E-state index contributed by atoms with van der Waals surface area (Å²) in [6.45, 7) is 7.58. The van der Waals surface area contributed by atoms with Crippen molar-refractivity contribution in [3.8, 4) is 5.75 Å². The summed E-state index contributed by atoms with van der Waals surface area (Å²) in [6.07, 6.45) is -0.583. The van der Waals surface area contributed by atoms with E-state index in [0.29, 0.717) is 13.2 Å². The van der Waals surface area contributed by atoms with E-state index in [2.05, 4.69) is 15.5 Å². The highest BCUT2D eigenvalue weighted by atomic mass is 16.5. The summed E-state index contributed by atoms with van der Waals surface area (Å²) in [5, 5.41) is 5.45. The molecule has 0 saturated heterocycles. The zero-order valence-corrected chi connectivity index (χ0v) is 16.4. The van der Waals surface area contributed by atoms with Gasteiger partial charge in [0.2, 0.25) is 5.91 Å². The van der Waals surface area contributed by atoms with Crippen LogP contribution in [-0.2, 0) is 16.1 Å². The summed E-state index contributed by atoms with van der Waals surface area (Å²) in [5.74, 6) is 0.511. The summed E-state index contributed by atoms with van der Waals surface area (Å²) in [5.41, 5.74) is 0.956. The molecule has 0 fully saturated rings. The molecule has 0 saturated carbocycles. The molecule has 26 heavy (non-hydrogen) atoms. The normalized spacial score (nSPS) is 12.0. The molecule has 0 radical (unpaired) electrons. The highest BCUT2D eigenvalue weighted by Crippen LogP contribution is 2.12. The first-order valence-corrected chi connectivity index (χ1v) is 8.91. The van der Waals surface area contributed by atoms with Crippen molar-refractivity contribution < 1.29 is 19.1 Å². The SMILES string of the molecule is CCOC(=O)NC(C(=O)NCc1ccc(OCCN(C)C)cc1)C(C)C. The number of likely N-dealkylation sites (N-methyl/N-ethyl adjacent to an activating group) is 1. The quantitative estimate of drug-likeness (QED) is 0.663. The summed E-state index contributed by atoms with van der Waals surface area (Å²) in [4.78, 5) is 26.0. The predicted octanol–water partition coefficient (Wildman–Crippen LogP) is 2.01. The number of ether oxygens (including phenoxy) is 2. The van der Waals surface area contributed by atoms with Crippen molar-refractivity contribution in [2.24, 2.45) is 5.92 Å². The summed E-state index contributed by atoms with van der Waals surface area (Å²) in [7, 11) is 3.99. The molecule has 1 aromatic rings.